The van der Waals surface area contributed by atoms with Crippen molar-refractivity contribution in [3.63, 3.8) is 0 Å². The molecule has 2 rings (SSSR count). The third-order valence-corrected chi connectivity index (χ3v) is 2.97. The van der Waals surface area contributed by atoms with E-state index in [9.17, 15) is 14.4 Å². The van der Waals surface area contributed by atoms with Crippen LogP contribution in [0.2, 0.25) is 0 Å². The molecular formula is C16H14N2O4. The number of benzene rings is 1. The summed E-state index contributed by atoms with van der Waals surface area (Å²) in [5, 5.41) is 2.65. The monoisotopic (exact) mass is 298 g/mol. The quantitative estimate of drug-likeness (QED) is 0.691. The topological polar surface area (TPSA) is 85.4 Å². The number of Topliss-reactive ketones (excluding diaryl/α,β-unsaturated/α-hetero) is 1. The van der Waals surface area contributed by atoms with Gasteiger partial charge in [-0.25, -0.2) is 4.79 Å². The van der Waals surface area contributed by atoms with Crippen LogP contribution in [0.25, 0.3) is 0 Å². The maximum absolute atomic E-state index is 12.0. The van der Waals surface area contributed by atoms with Crippen molar-refractivity contribution in [1.82, 2.24) is 4.98 Å². The summed E-state index contributed by atoms with van der Waals surface area (Å²) < 4.78 is 4.59. The molecule has 6 nitrogen and oxygen atoms in total. The fraction of sp³-hybridized carbons (Fsp3) is 0.125. The van der Waals surface area contributed by atoms with Crippen LogP contribution >= 0.6 is 0 Å². The van der Waals surface area contributed by atoms with Gasteiger partial charge in [-0.2, -0.15) is 0 Å². The van der Waals surface area contributed by atoms with Gasteiger partial charge in [0.25, 0.3) is 5.91 Å². The van der Waals surface area contributed by atoms with E-state index in [1.807, 2.05) is 0 Å². The maximum atomic E-state index is 12.0. The van der Waals surface area contributed by atoms with Gasteiger partial charge in [-0.3, -0.25) is 14.6 Å². The Morgan fingerprint density at radius 3 is 2.14 bits per heavy atom. The Kier molecular flexibility index (Phi) is 4.63. The van der Waals surface area contributed by atoms with Gasteiger partial charge in [0, 0.05) is 17.4 Å². The van der Waals surface area contributed by atoms with Gasteiger partial charge in [0.2, 0.25) is 0 Å². The Bertz CT molecular complexity index is 706. The van der Waals surface area contributed by atoms with Crippen molar-refractivity contribution in [3.05, 3.63) is 59.4 Å². The summed E-state index contributed by atoms with van der Waals surface area (Å²) in [4.78, 5) is 38.4. The molecule has 0 radical (unpaired) electrons. The largest absolute Gasteiger partial charge is 0.465 e. The molecule has 0 fully saturated rings. The summed E-state index contributed by atoms with van der Waals surface area (Å²) in [5.41, 5.74) is 1.56. The molecule has 0 aliphatic heterocycles. The minimum Gasteiger partial charge on any atom is -0.465 e. The highest BCUT2D eigenvalue weighted by atomic mass is 16.5. The molecule has 0 aliphatic rings. The highest BCUT2D eigenvalue weighted by Gasteiger charge is 2.10. The molecular weight excluding hydrogens is 284 g/mol. The first kappa shape index (κ1) is 15.4. The van der Waals surface area contributed by atoms with Crippen molar-refractivity contribution >= 4 is 23.3 Å². The maximum Gasteiger partial charge on any atom is 0.337 e. The zero-order valence-corrected chi connectivity index (χ0v) is 12.1. The number of ketones is 1. The van der Waals surface area contributed by atoms with Crippen LogP contribution in [0.1, 0.15) is 38.1 Å². The minimum atomic E-state index is -0.445. The van der Waals surface area contributed by atoms with E-state index in [-0.39, 0.29) is 11.5 Å². The zero-order chi connectivity index (χ0) is 16.1. The number of anilines is 1. The first-order valence-corrected chi connectivity index (χ1v) is 6.48. The van der Waals surface area contributed by atoms with Crippen molar-refractivity contribution in [1.29, 1.82) is 0 Å². The number of nitrogens with zero attached hydrogens (tertiary/aromatic N) is 1. The highest BCUT2D eigenvalue weighted by molar-refractivity contribution is 6.03. The number of carbonyl (C=O) groups is 3. The molecule has 1 aromatic carbocycles. The Balaban J connectivity index is 2.08. The van der Waals surface area contributed by atoms with E-state index >= 15 is 0 Å². The molecule has 0 bridgehead atoms. The highest BCUT2D eigenvalue weighted by Crippen LogP contribution is 2.12. The van der Waals surface area contributed by atoms with E-state index in [2.05, 4.69) is 15.0 Å². The van der Waals surface area contributed by atoms with Gasteiger partial charge in [0.15, 0.2) is 5.78 Å². The van der Waals surface area contributed by atoms with Crippen molar-refractivity contribution in [3.8, 4) is 0 Å². The Hall–Kier alpha value is -3.02. The van der Waals surface area contributed by atoms with Crippen LogP contribution in [-0.2, 0) is 4.74 Å². The van der Waals surface area contributed by atoms with E-state index in [1.54, 1.807) is 30.3 Å². The van der Waals surface area contributed by atoms with Crippen LogP contribution in [0.5, 0.6) is 0 Å². The summed E-state index contributed by atoms with van der Waals surface area (Å²) >= 11 is 0. The SMILES string of the molecule is COC(=O)c1ccc(NC(=O)c2ccc(C(C)=O)cn2)cc1. The molecule has 1 heterocycles. The molecule has 6 heteroatoms. The lowest BCUT2D eigenvalue weighted by Crippen LogP contribution is -2.14. The van der Waals surface area contributed by atoms with E-state index in [0.29, 0.717) is 16.8 Å². The van der Waals surface area contributed by atoms with Crippen LogP contribution in [0.3, 0.4) is 0 Å². The molecule has 22 heavy (non-hydrogen) atoms. The van der Waals surface area contributed by atoms with Gasteiger partial charge in [0.05, 0.1) is 12.7 Å². The average Bonchev–Trinajstić information content (AvgIpc) is 2.54. The lowest BCUT2D eigenvalue weighted by Gasteiger charge is -2.06. The number of aromatic nitrogens is 1. The third kappa shape index (κ3) is 3.54. The first-order valence-electron chi connectivity index (χ1n) is 6.48. The van der Waals surface area contributed by atoms with Gasteiger partial charge in [-0.05, 0) is 43.3 Å². The Morgan fingerprint density at radius 2 is 1.64 bits per heavy atom. The van der Waals surface area contributed by atoms with Gasteiger partial charge in [0.1, 0.15) is 5.69 Å². The van der Waals surface area contributed by atoms with Crippen LogP contribution in [-0.4, -0.2) is 29.8 Å². The number of hydrogen-bond donors (Lipinski definition) is 1. The van der Waals surface area contributed by atoms with E-state index in [0.717, 1.165) is 0 Å². The summed E-state index contributed by atoms with van der Waals surface area (Å²) in [6.45, 7) is 1.43. The molecule has 1 N–H and O–H groups in total. The van der Waals surface area contributed by atoms with E-state index in [1.165, 1.54) is 26.3 Å². The molecule has 112 valence electrons. The summed E-state index contributed by atoms with van der Waals surface area (Å²) in [5.74, 6) is -0.960. The second kappa shape index (κ2) is 6.62. The summed E-state index contributed by atoms with van der Waals surface area (Å²) in [6.07, 6.45) is 1.36. The van der Waals surface area contributed by atoms with Crippen LogP contribution in [0, 0.1) is 0 Å². The lowest BCUT2D eigenvalue weighted by atomic mass is 10.2. The molecule has 1 amide bonds. The van der Waals surface area contributed by atoms with Gasteiger partial charge >= 0.3 is 5.97 Å². The molecule has 2 aromatic rings. The number of carbonyl (C=O) groups excluding carboxylic acids is 3. The number of rotatable bonds is 4. The van der Waals surface area contributed by atoms with Crippen molar-refractivity contribution in [2.24, 2.45) is 0 Å². The predicted octanol–water partition coefficient (Wildman–Crippen LogP) is 2.32. The fourth-order valence-electron chi connectivity index (χ4n) is 1.74. The molecule has 0 aliphatic carbocycles. The Labute approximate surface area is 127 Å². The average molecular weight is 298 g/mol. The Morgan fingerprint density at radius 1 is 1.00 bits per heavy atom. The number of hydrogen-bond acceptors (Lipinski definition) is 5. The fourth-order valence-corrected chi connectivity index (χ4v) is 1.74. The van der Waals surface area contributed by atoms with Crippen molar-refractivity contribution in [2.75, 3.05) is 12.4 Å². The van der Waals surface area contributed by atoms with Gasteiger partial charge in [-0.1, -0.05) is 0 Å². The lowest BCUT2D eigenvalue weighted by molar-refractivity contribution is 0.0600. The molecule has 0 unspecified atom stereocenters. The van der Waals surface area contributed by atoms with E-state index < -0.39 is 11.9 Å². The minimum absolute atomic E-state index is 0.113. The number of pyridine rings is 1. The van der Waals surface area contributed by atoms with Crippen LogP contribution in [0.15, 0.2) is 42.6 Å². The first-order chi connectivity index (χ1) is 10.5. The predicted molar refractivity (Wildman–Crippen MR) is 80.0 cm³/mol. The standard InChI is InChI=1S/C16H14N2O4/c1-10(19)12-5-8-14(17-9-12)15(20)18-13-6-3-11(4-7-13)16(21)22-2/h3-9H,1-2H3,(H,18,20). The number of nitrogens with one attached hydrogen (secondary N) is 1. The summed E-state index contributed by atoms with van der Waals surface area (Å²) in [6, 6.07) is 9.31. The number of ether oxygens (including phenoxy) is 1. The van der Waals surface area contributed by atoms with E-state index in [4.69, 9.17) is 0 Å². The molecule has 0 saturated heterocycles. The summed E-state index contributed by atoms with van der Waals surface area (Å²) in [7, 11) is 1.30. The second-order valence-electron chi connectivity index (χ2n) is 4.51. The zero-order valence-electron chi connectivity index (χ0n) is 12.1. The molecule has 1 aromatic heterocycles. The molecule has 0 spiro atoms. The number of esters is 1. The second-order valence-corrected chi connectivity index (χ2v) is 4.51. The third-order valence-electron chi connectivity index (χ3n) is 2.97. The molecule has 0 saturated carbocycles. The number of methoxy groups -OCH3 is 1. The van der Waals surface area contributed by atoms with Crippen molar-refractivity contribution < 1.29 is 19.1 Å². The van der Waals surface area contributed by atoms with Crippen LogP contribution < -0.4 is 5.32 Å². The smallest absolute Gasteiger partial charge is 0.337 e. The normalized spacial score (nSPS) is 9.91. The van der Waals surface area contributed by atoms with Gasteiger partial charge in [-0.15, -0.1) is 0 Å². The molecule has 0 atom stereocenters. The number of amides is 1. The van der Waals surface area contributed by atoms with Crippen molar-refractivity contribution in [2.45, 2.75) is 6.92 Å². The van der Waals surface area contributed by atoms with Gasteiger partial charge < -0.3 is 10.1 Å². The van der Waals surface area contributed by atoms with Crippen LogP contribution in [0.4, 0.5) is 5.69 Å².